The van der Waals surface area contributed by atoms with Crippen LogP contribution in [-0.2, 0) is 4.79 Å². The summed E-state index contributed by atoms with van der Waals surface area (Å²) < 4.78 is 0. The van der Waals surface area contributed by atoms with Crippen LogP contribution in [0.25, 0.3) is 0 Å². The SMILES string of the molecule is O=C1NN=C=C(N2CCC3NNN=C3C2)C1Cl. The summed E-state index contributed by atoms with van der Waals surface area (Å²) in [5.74, 6) is 2.44. The molecule has 0 aromatic carbocycles. The van der Waals surface area contributed by atoms with E-state index in [4.69, 9.17) is 11.6 Å². The summed E-state index contributed by atoms with van der Waals surface area (Å²) in [4.78, 5) is 13.4. The van der Waals surface area contributed by atoms with Crippen molar-refractivity contribution in [3.63, 3.8) is 0 Å². The maximum absolute atomic E-state index is 11.4. The molecule has 1 amide bonds. The van der Waals surface area contributed by atoms with Crippen molar-refractivity contribution in [1.82, 2.24) is 21.3 Å². The van der Waals surface area contributed by atoms with Crippen LogP contribution in [0.5, 0.6) is 0 Å². The minimum atomic E-state index is -0.730. The number of nitrogens with zero attached hydrogens (tertiary/aromatic N) is 3. The van der Waals surface area contributed by atoms with Crippen LogP contribution in [-0.4, -0.2) is 46.9 Å². The van der Waals surface area contributed by atoms with Crippen LogP contribution in [0, 0.1) is 0 Å². The Bertz CT molecular complexity index is 454. The Morgan fingerprint density at radius 2 is 2.41 bits per heavy atom. The Kier molecular flexibility index (Phi) is 2.51. The summed E-state index contributed by atoms with van der Waals surface area (Å²) in [5, 5.41) is 7.08. The Labute approximate surface area is 103 Å². The molecule has 0 aromatic heterocycles. The van der Waals surface area contributed by atoms with Crippen molar-refractivity contribution in [2.45, 2.75) is 17.8 Å². The Balaban J connectivity index is 1.81. The van der Waals surface area contributed by atoms with Gasteiger partial charge in [-0.3, -0.25) is 4.79 Å². The third-order valence-electron chi connectivity index (χ3n) is 3.03. The van der Waals surface area contributed by atoms with Crippen molar-refractivity contribution in [3.05, 3.63) is 5.70 Å². The fraction of sp³-hybridized carbons (Fsp3) is 0.556. The second-order valence-corrected chi connectivity index (χ2v) is 4.51. The summed E-state index contributed by atoms with van der Waals surface area (Å²) in [5.41, 5.74) is 9.73. The van der Waals surface area contributed by atoms with Crippen LogP contribution in [0.15, 0.2) is 15.9 Å². The zero-order chi connectivity index (χ0) is 11.8. The molecule has 7 nitrogen and oxygen atoms in total. The number of carbonyl (C=O) groups is 1. The highest BCUT2D eigenvalue weighted by Gasteiger charge is 2.34. The Morgan fingerprint density at radius 1 is 1.53 bits per heavy atom. The first-order chi connectivity index (χ1) is 8.25. The minimum absolute atomic E-state index is 0.273. The molecule has 8 heteroatoms. The summed E-state index contributed by atoms with van der Waals surface area (Å²) in [6, 6.07) is 0.273. The van der Waals surface area contributed by atoms with Crippen LogP contribution < -0.4 is 16.4 Å². The van der Waals surface area contributed by atoms with E-state index in [1.165, 1.54) is 0 Å². The molecule has 2 unspecified atom stereocenters. The van der Waals surface area contributed by atoms with E-state index < -0.39 is 5.38 Å². The predicted octanol–water partition coefficient (Wildman–Crippen LogP) is -1.27. The number of hydrogen-bond donors (Lipinski definition) is 3. The second-order valence-electron chi connectivity index (χ2n) is 4.07. The van der Waals surface area contributed by atoms with E-state index in [1.807, 2.05) is 4.90 Å². The molecule has 0 radical (unpaired) electrons. The standard InChI is InChI=1S/C9H11ClN6O/c10-8-7(3-11-14-9(8)17)16-2-1-5-6(4-16)13-15-12-5/h5,8,12,15H,1-2,4H2,(H,14,17). The van der Waals surface area contributed by atoms with Crippen LogP contribution in [0.3, 0.4) is 0 Å². The molecule has 3 rings (SSSR count). The lowest BCUT2D eigenvalue weighted by molar-refractivity contribution is -0.120. The number of piperidine rings is 1. The van der Waals surface area contributed by atoms with Crippen molar-refractivity contribution in [2.75, 3.05) is 13.1 Å². The number of halogens is 1. The lowest BCUT2D eigenvalue weighted by Crippen LogP contribution is -2.50. The van der Waals surface area contributed by atoms with E-state index >= 15 is 0 Å². The van der Waals surface area contributed by atoms with Gasteiger partial charge in [-0.1, -0.05) is 0 Å². The van der Waals surface area contributed by atoms with Gasteiger partial charge in [0.2, 0.25) is 0 Å². The van der Waals surface area contributed by atoms with Gasteiger partial charge in [0.05, 0.1) is 18.3 Å². The first-order valence-electron chi connectivity index (χ1n) is 5.34. The maximum atomic E-state index is 11.4. The molecular formula is C9H11ClN6O. The predicted molar refractivity (Wildman–Crippen MR) is 62.4 cm³/mol. The van der Waals surface area contributed by atoms with Crippen LogP contribution in [0.4, 0.5) is 0 Å². The summed E-state index contributed by atoms with van der Waals surface area (Å²) >= 11 is 6.03. The average molecular weight is 255 g/mol. The number of nitrogens with one attached hydrogen (secondary N) is 3. The monoisotopic (exact) mass is 254 g/mol. The lowest BCUT2D eigenvalue weighted by Gasteiger charge is -2.33. The van der Waals surface area contributed by atoms with Gasteiger partial charge in [-0.2, -0.15) is 5.10 Å². The number of amides is 1. The molecule has 3 N–H and O–H groups in total. The number of carbonyl (C=O) groups excluding carboxylic acids is 1. The molecule has 3 aliphatic rings. The fourth-order valence-corrected chi connectivity index (χ4v) is 2.34. The van der Waals surface area contributed by atoms with Gasteiger partial charge < -0.3 is 4.90 Å². The number of hydrogen-bond acceptors (Lipinski definition) is 6. The molecule has 1 fully saturated rings. The van der Waals surface area contributed by atoms with Gasteiger partial charge in [-0.25, -0.2) is 16.4 Å². The van der Waals surface area contributed by atoms with Crippen molar-refractivity contribution in [2.24, 2.45) is 10.2 Å². The van der Waals surface area contributed by atoms with E-state index in [2.05, 4.69) is 32.5 Å². The lowest BCUT2D eigenvalue weighted by atomic mass is 10.0. The van der Waals surface area contributed by atoms with Gasteiger partial charge in [0.1, 0.15) is 5.70 Å². The number of hydrazone groups is 2. The molecule has 0 aromatic rings. The van der Waals surface area contributed by atoms with Crippen molar-refractivity contribution < 1.29 is 4.79 Å². The normalized spacial score (nSPS) is 31.4. The molecule has 1 saturated heterocycles. The van der Waals surface area contributed by atoms with E-state index in [1.54, 1.807) is 0 Å². The number of alkyl halides is 1. The van der Waals surface area contributed by atoms with Crippen molar-refractivity contribution in [3.8, 4) is 0 Å². The highest BCUT2D eigenvalue weighted by atomic mass is 35.5. The number of likely N-dealkylation sites (tertiary alicyclic amines) is 1. The zero-order valence-electron chi connectivity index (χ0n) is 8.90. The largest absolute Gasteiger partial charge is 0.360 e. The van der Waals surface area contributed by atoms with Crippen molar-refractivity contribution >= 4 is 29.1 Å². The molecule has 0 spiro atoms. The average Bonchev–Trinajstić information content (AvgIpc) is 2.79. The first kappa shape index (κ1) is 10.6. The molecule has 3 heterocycles. The van der Waals surface area contributed by atoms with E-state index in [0.29, 0.717) is 12.2 Å². The highest BCUT2D eigenvalue weighted by Crippen LogP contribution is 2.20. The van der Waals surface area contributed by atoms with Gasteiger partial charge in [-0.15, -0.1) is 16.7 Å². The zero-order valence-corrected chi connectivity index (χ0v) is 9.66. The number of hydrazine groups is 1. The van der Waals surface area contributed by atoms with Gasteiger partial charge in [0.15, 0.2) is 5.38 Å². The maximum Gasteiger partial charge on any atom is 0.265 e. The smallest absolute Gasteiger partial charge is 0.265 e. The van der Waals surface area contributed by atoms with Crippen LogP contribution in [0.2, 0.25) is 0 Å². The van der Waals surface area contributed by atoms with E-state index in [9.17, 15) is 4.79 Å². The third kappa shape index (κ3) is 1.78. The fourth-order valence-electron chi connectivity index (χ4n) is 2.10. The Hall–Kier alpha value is -1.56. The molecule has 3 aliphatic heterocycles. The quantitative estimate of drug-likeness (QED) is 0.510. The van der Waals surface area contributed by atoms with Gasteiger partial charge in [0, 0.05) is 12.4 Å². The summed E-state index contributed by atoms with van der Waals surface area (Å²) in [6.45, 7) is 1.44. The molecule has 2 atom stereocenters. The van der Waals surface area contributed by atoms with Crippen LogP contribution in [0.1, 0.15) is 6.42 Å². The Morgan fingerprint density at radius 3 is 3.29 bits per heavy atom. The minimum Gasteiger partial charge on any atom is -0.360 e. The second kappa shape index (κ2) is 4.03. The van der Waals surface area contributed by atoms with Crippen LogP contribution >= 0.6 is 11.6 Å². The van der Waals surface area contributed by atoms with E-state index in [-0.39, 0.29) is 11.9 Å². The summed E-state index contributed by atoms with van der Waals surface area (Å²) in [6.07, 6.45) is 0.905. The summed E-state index contributed by atoms with van der Waals surface area (Å²) in [7, 11) is 0. The van der Waals surface area contributed by atoms with Crippen molar-refractivity contribution in [1.29, 1.82) is 0 Å². The molecule has 0 saturated carbocycles. The molecule has 90 valence electrons. The molecule has 0 bridgehead atoms. The van der Waals surface area contributed by atoms with Gasteiger partial charge >= 0.3 is 0 Å². The molecular weight excluding hydrogens is 244 g/mol. The number of rotatable bonds is 1. The van der Waals surface area contributed by atoms with Gasteiger partial charge in [0.25, 0.3) is 5.91 Å². The molecule has 0 aliphatic carbocycles. The highest BCUT2D eigenvalue weighted by molar-refractivity contribution is 6.33. The van der Waals surface area contributed by atoms with Gasteiger partial charge in [-0.05, 0) is 6.42 Å². The topological polar surface area (TPSA) is 81.1 Å². The van der Waals surface area contributed by atoms with E-state index in [0.717, 1.165) is 18.7 Å². The third-order valence-corrected chi connectivity index (χ3v) is 3.43. The number of fused-ring (bicyclic) bond motifs is 1. The first-order valence-corrected chi connectivity index (χ1v) is 5.78. The molecule has 17 heavy (non-hydrogen) atoms.